The maximum absolute atomic E-state index is 11.7. The van der Waals surface area contributed by atoms with E-state index in [1.807, 2.05) is 0 Å². The Kier molecular flexibility index (Phi) is 7.53. The Bertz CT molecular complexity index is 465. The smallest absolute Gasteiger partial charge is 0.214 e. The first-order valence-electron chi connectivity index (χ1n) is 9.60. The van der Waals surface area contributed by atoms with Crippen LogP contribution < -0.4 is 4.72 Å². The van der Waals surface area contributed by atoms with Gasteiger partial charge in [0.15, 0.2) is 0 Å². The molecule has 0 spiro atoms. The van der Waals surface area contributed by atoms with E-state index < -0.39 is 10.0 Å². The second kappa shape index (κ2) is 8.97. The largest absolute Gasteiger partial charge is 0.377 e. The molecule has 6 heteroatoms. The van der Waals surface area contributed by atoms with E-state index in [2.05, 4.69) is 23.5 Å². The van der Waals surface area contributed by atoms with Crippen LogP contribution >= 0.6 is 0 Å². The normalized spacial score (nSPS) is 26.9. The number of likely N-dealkylation sites (tertiary alicyclic amines) is 1. The van der Waals surface area contributed by atoms with Crippen molar-refractivity contribution in [3.05, 3.63) is 0 Å². The fourth-order valence-corrected chi connectivity index (χ4v) is 4.30. The van der Waals surface area contributed by atoms with Crippen LogP contribution in [0.3, 0.4) is 0 Å². The van der Waals surface area contributed by atoms with Crippen molar-refractivity contribution in [1.82, 2.24) is 9.62 Å². The molecule has 1 aliphatic carbocycles. The second-order valence-electron chi connectivity index (χ2n) is 8.22. The lowest BCUT2D eigenvalue weighted by atomic mass is 9.83. The van der Waals surface area contributed by atoms with Crippen molar-refractivity contribution < 1.29 is 13.2 Å². The lowest BCUT2D eigenvalue weighted by Gasteiger charge is -2.44. The predicted octanol–water partition coefficient (Wildman–Crippen LogP) is 2.48. The lowest BCUT2D eigenvalue weighted by Crippen LogP contribution is -2.50. The maximum atomic E-state index is 11.7. The minimum atomic E-state index is -3.17. The van der Waals surface area contributed by atoms with E-state index in [-0.39, 0.29) is 5.25 Å². The van der Waals surface area contributed by atoms with Crippen LogP contribution in [0.5, 0.6) is 0 Å². The van der Waals surface area contributed by atoms with Crippen molar-refractivity contribution in [2.24, 2.45) is 17.8 Å². The Morgan fingerprint density at radius 1 is 1.08 bits per heavy atom. The van der Waals surface area contributed by atoms with Gasteiger partial charge in [0, 0.05) is 26.2 Å². The van der Waals surface area contributed by atoms with Crippen molar-refractivity contribution in [3.8, 4) is 0 Å². The van der Waals surface area contributed by atoms with Crippen LogP contribution in [-0.2, 0) is 14.8 Å². The third kappa shape index (κ3) is 5.97. The average molecular weight is 361 g/mol. The van der Waals surface area contributed by atoms with Gasteiger partial charge in [0.2, 0.25) is 10.0 Å². The first-order chi connectivity index (χ1) is 11.3. The Morgan fingerprint density at radius 2 is 1.71 bits per heavy atom. The molecular formula is C18H36N2O3S. The van der Waals surface area contributed by atoms with Crippen LogP contribution in [0.4, 0.5) is 0 Å². The Labute approximate surface area is 148 Å². The number of nitrogens with zero attached hydrogens (tertiary/aromatic N) is 1. The van der Waals surface area contributed by atoms with Crippen LogP contribution in [0, 0.1) is 17.8 Å². The highest BCUT2D eigenvalue weighted by atomic mass is 32.2. The van der Waals surface area contributed by atoms with Gasteiger partial charge in [-0.15, -0.1) is 0 Å². The fourth-order valence-electron chi connectivity index (χ4n) is 3.60. The number of nitrogens with one attached hydrogen (secondary N) is 1. The highest BCUT2D eigenvalue weighted by molar-refractivity contribution is 7.90. The molecule has 1 saturated heterocycles. The van der Waals surface area contributed by atoms with Crippen molar-refractivity contribution in [3.63, 3.8) is 0 Å². The van der Waals surface area contributed by atoms with E-state index in [0.29, 0.717) is 19.3 Å². The van der Waals surface area contributed by atoms with Gasteiger partial charge in [-0.2, -0.15) is 0 Å². The first kappa shape index (κ1) is 20.1. The molecule has 0 aromatic carbocycles. The van der Waals surface area contributed by atoms with Crippen molar-refractivity contribution >= 4 is 10.0 Å². The molecule has 0 atom stereocenters. The van der Waals surface area contributed by atoms with Gasteiger partial charge < -0.3 is 9.64 Å². The summed E-state index contributed by atoms with van der Waals surface area (Å²) in [6, 6.07) is 0. The standard InChI is InChI=1S/C18H36N2O3S/c1-14(2)17-12-20(13-17)11-16-5-7-18(8-6-16)23-10-9-19-24(21,22)15(3)4/h14-19H,5-13H2,1-4H3. The molecule has 1 aliphatic heterocycles. The quantitative estimate of drug-likeness (QED) is 0.642. The van der Waals surface area contributed by atoms with E-state index in [9.17, 15) is 8.42 Å². The molecule has 2 rings (SSSR count). The topological polar surface area (TPSA) is 58.6 Å². The highest BCUT2D eigenvalue weighted by Gasteiger charge is 2.31. The minimum absolute atomic E-state index is 0.310. The van der Waals surface area contributed by atoms with E-state index in [0.717, 1.165) is 30.6 Å². The van der Waals surface area contributed by atoms with Gasteiger partial charge in [0.25, 0.3) is 0 Å². The van der Waals surface area contributed by atoms with Gasteiger partial charge in [-0.3, -0.25) is 0 Å². The van der Waals surface area contributed by atoms with Gasteiger partial charge >= 0.3 is 0 Å². The monoisotopic (exact) mass is 360 g/mol. The molecule has 2 aliphatic rings. The van der Waals surface area contributed by atoms with Crippen molar-refractivity contribution in [2.45, 2.75) is 64.7 Å². The van der Waals surface area contributed by atoms with Gasteiger partial charge in [-0.05, 0) is 57.3 Å². The highest BCUT2D eigenvalue weighted by Crippen LogP contribution is 2.30. The molecule has 5 nitrogen and oxygen atoms in total. The summed E-state index contributed by atoms with van der Waals surface area (Å²) in [6.45, 7) is 12.7. The number of hydrogen-bond donors (Lipinski definition) is 1. The predicted molar refractivity (Wildman–Crippen MR) is 98.5 cm³/mol. The zero-order valence-electron chi connectivity index (χ0n) is 15.8. The van der Waals surface area contributed by atoms with Crippen LogP contribution in [0.25, 0.3) is 0 Å². The minimum Gasteiger partial charge on any atom is -0.377 e. The van der Waals surface area contributed by atoms with Crippen LogP contribution in [0.1, 0.15) is 53.4 Å². The van der Waals surface area contributed by atoms with Crippen molar-refractivity contribution in [1.29, 1.82) is 0 Å². The zero-order valence-corrected chi connectivity index (χ0v) is 16.6. The molecule has 1 N–H and O–H groups in total. The Balaban J connectivity index is 1.54. The molecule has 1 heterocycles. The third-order valence-corrected chi connectivity index (χ3v) is 7.47. The van der Waals surface area contributed by atoms with E-state index in [1.165, 1.54) is 32.5 Å². The Morgan fingerprint density at radius 3 is 2.25 bits per heavy atom. The molecule has 0 aromatic rings. The zero-order chi connectivity index (χ0) is 17.7. The third-order valence-electron chi connectivity index (χ3n) is 5.62. The number of rotatable bonds is 9. The van der Waals surface area contributed by atoms with Crippen LogP contribution in [-0.4, -0.2) is 57.5 Å². The van der Waals surface area contributed by atoms with Crippen molar-refractivity contribution in [2.75, 3.05) is 32.8 Å². The molecule has 0 amide bonds. The number of sulfonamides is 1. The van der Waals surface area contributed by atoms with Gasteiger partial charge in [-0.25, -0.2) is 13.1 Å². The second-order valence-corrected chi connectivity index (χ2v) is 10.5. The SMILES string of the molecule is CC(C)C1CN(CC2CCC(OCCNS(=O)(=O)C(C)C)CC2)C1. The molecule has 0 bridgehead atoms. The van der Waals surface area contributed by atoms with Gasteiger partial charge in [0.05, 0.1) is 18.0 Å². The summed E-state index contributed by atoms with van der Waals surface area (Å²) in [5.41, 5.74) is 0. The lowest BCUT2D eigenvalue weighted by molar-refractivity contribution is 0.00315. The van der Waals surface area contributed by atoms with E-state index in [1.54, 1.807) is 13.8 Å². The number of ether oxygens (including phenoxy) is 1. The first-order valence-corrected chi connectivity index (χ1v) is 11.1. The summed E-state index contributed by atoms with van der Waals surface area (Å²) in [7, 11) is -3.17. The molecule has 0 radical (unpaired) electrons. The molecule has 24 heavy (non-hydrogen) atoms. The Hall–Kier alpha value is -0.170. The van der Waals surface area contributed by atoms with Gasteiger partial charge in [-0.1, -0.05) is 13.8 Å². The summed E-state index contributed by atoms with van der Waals surface area (Å²) < 4.78 is 31.8. The molecule has 2 fully saturated rings. The summed E-state index contributed by atoms with van der Waals surface area (Å²) in [6.07, 6.45) is 5.02. The van der Waals surface area contributed by atoms with Gasteiger partial charge in [0.1, 0.15) is 0 Å². The van der Waals surface area contributed by atoms with E-state index >= 15 is 0 Å². The van der Waals surface area contributed by atoms with Crippen LogP contribution in [0.2, 0.25) is 0 Å². The summed E-state index contributed by atoms with van der Waals surface area (Å²) in [5, 5.41) is -0.385. The molecule has 0 unspecified atom stereocenters. The molecule has 0 aromatic heterocycles. The molecular weight excluding hydrogens is 324 g/mol. The summed E-state index contributed by atoms with van der Waals surface area (Å²) >= 11 is 0. The summed E-state index contributed by atoms with van der Waals surface area (Å²) in [5.74, 6) is 2.54. The molecule has 142 valence electrons. The van der Waals surface area contributed by atoms with E-state index in [4.69, 9.17) is 4.74 Å². The average Bonchev–Trinajstić information content (AvgIpc) is 2.47. The number of hydrogen-bond acceptors (Lipinski definition) is 4. The maximum Gasteiger partial charge on any atom is 0.214 e. The van der Waals surface area contributed by atoms with Crippen LogP contribution in [0.15, 0.2) is 0 Å². The fraction of sp³-hybridized carbons (Fsp3) is 1.00. The molecule has 1 saturated carbocycles. The summed E-state index contributed by atoms with van der Waals surface area (Å²) in [4.78, 5) is 2.61.